The lowest BCUT2D eigenvalue weighted by Gasteiger charge is -2.16. The number of nitrogens with one attached hydrogen (secondary N) is 1. The van der Waals surface area contributed by atoms with Crippen molar-refractivity contribution in [2.45, 2.75) is 19.9 Å². The Labute approximate surface area is 117 Å². The summed E-state index contributed by atoms with van der Waals surface area (Å²) in [5.74, 6) is 0.0843. The molecule has 0 saturated carbocycles. The first-order chi connectivity index (χ1) is 9.40. The molecular formula is C13H18N2O5. The number of nitrogens with zero attached hydrogens (tertiary/aromatic N) is 1. The zero-order valence-corrected chi connectivity index (χ0v) is 11.9. The summed E-state index contributed by atoms with van der Waals surface area (Å²) in [7, 11) is 2.92. The number of benzene rings is 1. The van der Waals surface area contributed by atoms with Crippen LogP contribution >= 0.6 is 0 Å². The summed E-state index contributed by atoms with van der Waals surface area (Å²) >= 11 is 0. The van der Waals surface area contributed by atoms with E-state index in [-0.39, 0.29) is 12.3 Å². The van der Waals surface area contributed by atoms with Crippen molar-refractivity contribution >= 4 is 11.7 Å². The number of likely N-dealkylation sites (N-methyl/N-ethyl adjacent to an activating group) is 1. The third-order valence-electron chi connectivity index (χ3n) is 2.93. The number of nitro benzene ring substituents is 1. The zero-order chi connectivity index (χ0) is 15.3. The minimum Gasteiger partial charge on any atom is -0.491 e. The molecule has 110 valence electrons. The van der Waals surface area contributed by atoms with Crippen molar-refractivity contribution in [2.75, 3.05) is 20.8 Å². The van der Waals surface area contributed by atoms with Gasteiger partial charge in [-0.25, -0.2) is 0 Å². The Morgan fingerprint density at radius 2 is 2.05 bits per heavy atom. The minimum absolute atomic E-state index is 0.0491. The van der Waals surface area contributed by atoms with Crippen LogP contribution in [0.15, 0.2) is 12.1 Å². The Bertz CT molecular complexity index is 516. The smallest absolute Gasteiger partial charge is 0.326 e. The molecule has 7 nitrogen and oxygen atoms in total. The molecule has 0 radical (unpaired) electrons. The Balaban J connectivity index is 2.86. The number of carbonyl (C=O) groups excluding carboxylic acids is 1. The van der Waals surface area contributed by atoms with Crippen LogP contribution in [0.4, 0.5) is 5.69 Å². The van der Waals surface area contributed by atoms with Gasteiger partial charge in [0.15, 0.2) is 0 Å². The average Bonchev–Trinajstić information content (AvgIpc) is 2.41. The van der Waals surface area contributed by atoms with Crippen molar-refractivity contribution in [3.05, 3.63) is 33.4 Å². The molecule has 20 heavy (non-hydrogen) atoms. The Kier molecular flexibility index (Phi) is 5.45. The maximum absolute atomic E-state index is 11.4. The van der Waals surface area contributed by atoms with E-state index in [4.69, 9.17) is 4.74 Å². The molecule has 0 bridgehead atoms. The summed E-state index contributed by atoms with van der Waals surface area (Å²) in [5, 5.41) is 13.6. The van der Waals surface area contributed by atoms with E-state index in [1.54, 1.807) is 27.0 Å². The first-order valence-electron chi connectivity index (χ1n) is 6.04. The van der Waals surface area contributed by atoms with Gasteiger partial charge in [0.2, 0.25) is 0 Å². The number of carbonyl (C=O) groups is 1. The number of nitro groups is 1. The second-order valence-corrected chi connectivity index (χ2v) is 4.34. The van der Waals surface area contributed by atoms with E-state index >= 15 is 0 Å². The third kappa shape index (κ3) is 3.67. The van der Waals surface area contributed by atoms with Gasteiger partial charge in [-0.1, -0.05) is 0 Å². The monoisotopic (exact) mass is 282 g/mol. The molecule has 1 rings (SSSR count). The first kappa shape index (κ1) is 15.9. The third-order valence-corrected chi connectivity index (χ3v) is 2.93. The Morgan fingerprint density at radius 3 is 2.55 bits per heavy atom. The van der Waals surface area contributed by atoms with Crippen LogP contribution in [0, 0.1) is 24.0 Å². The molecule has 1 aromatic rings. The summed E-state index contributed by atoms with van der Waals surface area (Å²) in [6.07, 6.45) is 0. The number of methoxy groups -OCH3 is 1. The maximum Gasteiger partial charge on any atom is 0.326 e. The van der Waals surface area contributed by atoms with E-state index in [9.17, 15) is 14.9 Å². The number of aryl methyl sites for hydroxylation is 2. The number of hydrogen-bond acceptors (Lipinski definition) is 6. The van der Waals surface area contributed by atoms with Gasteiger partial charge in [-0.05, 0) is 32.5 Å². The summed E-state index contributed by atoms with van der Waals surface area (Å²) in [6, 6.07) is 2.46. The van der Waals surface area contributed by atoms with Crippen molar-refractivity contribution in [2.24, 2.45) is 0 Å². The van der Waals surface area contributed by atoms with E-state index in [2.05, 4.69) is 10.1 Å². The van der Waals surface area contributed by atoms with E-state index in [1.807, 2.05) is 0 Å². The molecule has 0 saturated heterocycles. The highest BCUT2D eigenvalue weighted by Crippen LogP contribution is 2.27. The molecule has 0 spiro atoms. The van der Waals surface area contributed by atoms with Crippen molar-refractivity contribution in [3.63, 3.8) is 0 Å². The molecule has 0 amide bonds. The van der Waals surface area contributed by atoms with Crippen LogP contribution in [-0.4, -0.2) is 37.7 Å². The Hall–Kier alpha value is -2.15. The van der Waals surface area contributed by atoms with Crippen molar-refractivity contribution < 1.29 is 19.2 Å². The van der Waals surface area contributed by atoms with E-state index < -0.39 is 16.9 Å². The summed E-state index contributed by atoms with van der Waals surface area (Å²) < 4.78 is 10.2. The van der Waals surface area contributed by atoms with Crippen LogP contribution in [-0.2, 0) is 9.53 Å². The first-order valence-corrected chi connectivity index (χ1v) is 6.04. The minimum atomic E-state index is -0.588. The lowest BCUT2D eigenvalue weighted by molar-refractivity contribution is -0.385. The Morgan fingerprint density at radius 1 is 1.40 bits per heavy atom. The molecule has 0 heterocycles. The molecule has 0 aliphatic carbocycles. The molecule has 1 atom stereocenters. The topological polar surface area (TPSA) is 90.7 Å². The van der Waals surface area contributed by atoms with Gasteiger partial charge in [0.1, 0.15) is 18.4 Å². The van der Waals surface area contributed by atoms with Crippen molar-refractivity contribution in [3.8, 4) is 5.75 Å². The lowest BCUT2D eigenvalue weighted by atomic mass is 10.1. The second kappa shape index (κ2) is 6.85. The summed E-state index contributed by atoms with van der Waals surface area (Å²) in [5.41, 5.74) is 1.20. The van der Waals surface area contributed by atoms with Gasteiger partial charge in [-0.2, -0.15) is 0 Å². The molecule has 0 fully saturated rings. The molecule has 0 aliphatic rings. The fourth-order valence-electron chi connectivity index (χ4n) is 1.71. The van der Waals surface area contributed by atoms with Crippen LogP contribution in [0.25, 0.3) is 0 Å². The van der Waals surface area contributed by atoms with Crippen LogP contribution in [0.5, 0.6) is 5.75 Å². The van der Waals surface area contributed by atoms with Crippen molar-refractivity contribution in [1.29, 1.82) is 0 Å². The number of rotatable bonds is 6. The number of esters is 1. The molecule has 0 aliphatic heterocycles. The highest BCUT2D eigenvalue weighted by atomic mass is 16.6. The van der Waals surface area contributed by atoms with Crippen LogP contribution in [0.1, 0.15) is 11.1 Å². The van der Waals surface area contributed by atoms with Crippen molar-refractivity contribution in [1.82, 2.24) is 5.32 Å². The van der Waals surface area contributed by atoms with Gasteiger partial charge < -0.3 is 14.8 Å². The zero-order valence-electron chi connectivity index (χ0n) is 11.9. The van der Waals surface area contributed by atoms with Gasteiger partial charge in [-0.15, -0.1) is 0 Å². The van der Waals surface area contributed by atoms with Crippen LogP contribution in [0.3, 0.4) is 0 Å². The van der Waals surface area contributed by atoms with E-state index in [0.29, 0.717) is 16.9 Å². The highest BCUT2D eigenvalue weighted by molar-refractivity contribution is 5.75. The molecule has 0 aromatic heterocycles. The SMILES string of the molecule is CNC(COc1cc(C)c([N+](=O)[O-])cc1C)C(=O)OC. The molecule has 1 unspecified atom stereocenters. The standard InChI is InChI=1S/C13H18N2O5/c1-8-6-12(9(2)5-11(8)15(17)18)20-7-10(14-3)13(16)19-4/h5-6,10,14H,7H2,1-4H3. The molecule has 1 N–H and O–H groups in total. The van der Waals surface area contributed by atoms with Gasteiger partial charge in [0, 0.05) is 11.6 Å². The predicted octanol–water partition coefficient (Wildman–Crippen LogP) is 1.35. The maximum atomic E-state index is 11.4. The van der Waals surface area contributed by atoms with Gasteiger partial charge >= 0.3 is 5.97 Å². The largest absolute Gasteiger partial charge is 0.491 e. The van der Waals surface area contributed by atoms with E-state index in [1.165, 1.54) is 13.2 Å². The highest BCUT2D eigenvalue weighted by Gasteiger charge is 2.19. The quantitative estimate of drug-likeness (QED) is 0.481. The molecular weight excluding hydrogens is 264 g/mol. The van der Waals surface area contributed by atoms with Gasteiger partial charge in [0.05, 0.1) is 12.0 Å². The summed E-state index contributed by atoms with van der Waals surface area (Å²) in [4.78, 5) is 21.8. The normalized spacial score (nSPS) is 11.8. The van der Waals surface area contributed by atoms with Gasteiger partial charge in [0.25, 0.3) is 5.69 Å². The summed E-state index contributed by atoms with van der Waals surface area (Å²) in [6.45, 7) is 3.44. The number of ether oxygens (including phenoxy) is 2. The van der Waals surface area contributed by atoms with Crippen LogP contribution < -0.4 is 10.1 Å². The second-order valence-electron chi connectivity index (χ2n) is 4.34. The molecule has 1 aromatic carbocycles. The average molecular weight is 282 g/mol. The fraction of sp³-hybridized carbons (Fsp3) is 0.462. The fourth-order valence-corrected chi connectivity index (χ4v) is 1.71. The lowest BCUT2D eigenvalue weighted by Crippen LogP contribution is -2.40. The molecule has 7 heteroatoms. The van der Waals surface area contributed by atoms with Gasteiger partial charge in [-0.3, -0.25) is 14.9 Å². The predicted molar refractivity (Wildman–Crippen MR) is 72.9 cm³/mol. The van der Waals surface area contributed by atoms with E-state index in [0.717, 1.165) is 0 Å². The number of hydrogen-bond donors (Lipinski definition) is 1. The van der Waals surface area contributed by atoms with Crippen LogP contribution in [0.2, 0.25) is 0 Å².